The molecule has 0 heterocycles. The summed E-state index contributed by atoms with van der Waals surface area (Å²) in [7, 11) is 2.82. The van der Waals surface area contributed by atoms with Gasteiger partial charge in [-0.3, -0.25) is 0 Å². The summed E-state index contributed by atoms with van der Waals surface area (Å²) in [6, 6.07) is 10.3. The molecular weight excluding hydrogens is 332 g/mol. The quantitative estimate of drug-likeness (QED) is 0.763. The fraction of sp³-hybridized carbons (Fsp3) is 0.333. The molecule has 0 radical (unpaired) electrons. The van der Waals surface area contributed by atoms with Gasteiger partial charge in [0.15, 0.2) is 11.5 Å². The molecule has 0 aliphatic heterocycles. The maximum atomic E-state index is 13.9. The molecule has 2 aromatic rings. The molecule has 0 aromatic heterocycles. The van der Waals surface area contributed by atoms with Crippen molar-refractivity contribution in [2.45, 2.75) is 18.6 Å². The van der Waals surface area contributed by atoms with Gasteiger partial charge in [0.1, 0.15) is 25.0 Å². The van der Waals surface area contributed by atoms with Crippen LogP contribution in [0.1, 0.15) is 17.2 Å². The Hall–Kier alpha value is -2.38. The fourth-order valence-corrected chi connectivity index (χ4v) is 2.31. The maximum Gasteiger partial charge on any atom is 0.289 e. The largest absolute Gasteiger partial charge is 0.493 e. The average Bonchev–Trinajstić information content (AvgIpc) is 2.65. The van der Waals surface area contributed by atoms with Gasteiger partial charge >= 0.3 is 0 Å². The Morgan fingerprint density at radius 1 is 1.04 bits per heavy atom. The molecular formula is C18H21F2NO4. The van der Waals surface area contributed by atoms with Crippen molar-refractivity contribution in [3.8, 4) is 17.2 Å². The van der Waals surface area contributed by atoms with Crippen LogP contribution in [0.15, 0.2) is 42.5 Å². The molecule has 5 nitrogen and oxygen atoms in total. The normalized spacial score (nSPS) is 12.6. The number of ether oxygens (including phenoxy) is 3. The first-order chi connectivity index (χ1) is 11.9. The Kier molecular flexibility index (Phi) is 6.17. The minimum absolute atomic E-state index is 0.0210. The molecule has 136 valence electrons. The lowest BCUT2D eigenvalue weighted by molar-refractivity contribution is -0.0717. The van der Waals surface area contributed by atoms with Crippen LogP contribution in [0.25, 0.3) is 0 Å². The number of methoxy groups -OCH3 is 2. The molecule has 7 heteroatoms. The van der Waals surface area contributed by atoms with Crippen LogP contribution >= 0.6 is 0 Å². The van der Waals surface area contributed by atoms with E-state index < -0.39 is 18.6 Å². The van der Waals surface area contributed by atoms with Gasteiger partial charge in [-0.25, -0.2) is 8.78 Å². The zero-order valence-electron chi connectivity index (χ0n) is 14.0. The smallest absolute Gasteiger partial charge is 0.289 e. The third-order valence-corrected chi connectivity index (χ3v) is 3.75. The number of alkyl halides is 2. The maximum absolute atomic E-state index is 13.9. The van der Waals surface area contributed by atoms with Gasteiger partial charge in [-0.15, -0.1) is 0 Å². The van der Waals surface area contributed by atoms with E-state index in [1.807, 2.05) is 30.3 Å². The van der Waals surface area contributed by atoms with Crippen molar-refractivity contribution in [1.82, 2.24) is 0 Å². The van der Waals surface area contributed by atoms with Gasteiger partial charge in [0.2, 0.25) is 0 Å². The van der Waals surface area contributed by atoms with Gasteiger partial charge in [-0.1, -0.05) is 30.3 Å². The third kappa shape index (κ3) is 4.37. The SMILES string of the molecule is COc1cc(OCc2ccccc2)c([C@H](N)C(F)(F)CO)cc1OC. The highest BCUT2D eigenvalue weighted by atomic mass is 19.3. The molecule has 0 aliphatic rings. The van der Waals surface area contributed by atoms with E-state index in [9.17, 15) is 8.78 Å². The molecule has 25 heavy (non-hydrogen) atoms. The molecule has 2 aromatic carbocycles. The molecule has 0 bridgehead atoms. The zero-order chi connectivity index (χ0) is 18.4. The third-order valence-electron chi connectivity index (χ3n) is 3.75. The van der Waals surface area contributed by atoms with E-state index in [2.05, 4.69) is 0 Å². The number of rotatable bonds is 8. The van der Waals surface area contributed by atoms with Crippen molar-refractivity contribution in [3.05, 3.63) is 53.6 Å². The Balaban J connectivity index is 2.40. The zero-order valence-corrected chi connectivity index (χ0v) is 14.0. The highest BCUT2D eigenvalue weighted by molar-refractivity contribution is 5.52. The number of hydrogen-bond donors (Lipinski definition) is 2. The van der Waals surface area contributed by atoms with Crippen LogP contribution < -0.4 is 19.9 Å². The van der Waals surface area contributed by atoms with E-state index in [0.717, 1.165) is 5.56 Å². The Bertz CT molecular complexity index is 695. The van der Waals surface area contributed by atoms with Crippen LogP contribution in [0.4, 0.5) is 8.78 Å². The molecule has 0 spiro atoms. The van der Waals surface area contributed by atoms with E-state index in [0.29, 0.717) is 5.75 Å². The topological polar surface area (TPSA) is 73.9 Å². The predicted octanol–water partition coefficient (Wildman–Crippen LogP) is 2.91. The van der Waals surface area contributed by atoms with Gasteiger partial charge in [0.05, 0.1) is 14.2 Å². The van der Waals surface area contributed by atoms with Crippen LogP contribution in [0.2, 0.25) is 0 Å². The second-order valence-electron chi connectivity index (χ2n) is 5.42. The number of halogens is 2. The molecule has 3 N–H and O–H groups in total. The molecule has 0 saturated carbocycles. The number of hydrogen-bond acceptors (Lipinski definition) is 5. The fourth-order valence-electron chi connectivity index (χ4n) is 2.31. The molecule has 2 rings (SSSR count). The molecule has 0 saturated heterocycles. The van der Waals surface area contributed by atoms with E-state index >= 15 is 0 Å². The molecule has 0 amide bonds. The van der Waals surface area contributed by atoms with Crippen LogP contribution in [0, 0.1) is 0 Å². The van der Waals surface area contributed by atoms with Crippen LogP contribution in [0.5, 0.6) is 17.2 Å². The van der Waals surface area contributed by atoms with E-state index in [-0.39, 0.29) is 23.7 Å². The van der Waals surface area contributed by atoms with Crippen LogP contribution in [-0.4, -0.2) is 31.9 Å². The van der Waals surface area contributed by atoms with Gasteiger partial charge in [-0.05, 0) is 11.6 Å². The van der Waals surface area contributed by atoms with Crippen molar-refractivity contribution in [3.63, 3.8) is 0 Å². The van der Waals surface area contributed by atoms with Gasteiger partial charge in [0, 0.05) is 11.6 Å². The second kappa shape index (κ2) is 8.13. The van der Waals surface area contributed by atoms with Gasteiger partial charge in [-0.2, -0.15) is 0 Å². The van der Waals surface area contributed by atoms with Crippen molar-refractivity contribution in [2.24, 2.45) is 5.73 Å². The average molecular weight is 353 g/mol. The van der Waals surface area contributed by atoms with Crippen molar-refractivity contribution in [1.29, 1.82) is 0 Å². The number of nitrogens with two attached hydrogens (primary N) is 1. The van der Waals surface area contributed by atoms with Crippen LogP contribution in [0.3, 0.4) is 0 Å². The first-order valence-electron chi connectivity index (χ1n) is 7.59. The van der Waals surface area contributed by atoms with Gasteiger partial charge in [0.25, 0.3) is 5.92 Å². The van der Waals surface area contributed by atoms with Crippen molar-refractivity contribution < 1.29 is 28.1 Å². The summed E-state index contributed by atoms with van der Waals surface area (Å²) in [6.45, 7) is -1.21. The Morgan fingerprint density at radius 2 is 1.64 bits per heavy atom. The number of aliphatic hydroxyl groups excluding tert-OH is 1. The summed E-state index contributed by atoms with van der Waals surface area (Å²) >= 11 is 0. The summed E-state index contributed by atoms with van der Waals surface area (Å²) in [6.07, 6.45) is 0. The van der Waals surface area contributed by atoms with Gasteiger partial charge < -0.3 is 25.1 Å². The lowest BCUT2D eigenvalue weighted by Gasteiger charge is -2.25. The first-order valence-corrected chi connectivity index (χ1v) is 7.59. The molecule has 0 fully saturated rings. The summed E-state index contributed by atoms with van der Waals surface area (Å²) < 4.78 is 43.8. The molecule has 0 aliphatic carbocycles. The van der Waals surface area contributed by atoms with Crippen LogP contribution in [-0.2, 0) is 6.61 Å². The minimum Gasteiger partial charge on any atom is -0.493 e. The summed E-state index contributed by atoms with van der Waals surface area (Å²) in [5.74, 6) is -2.80. The van der Waals surface area contributed by atoms with E-state index in [1.165, 1.54) is 26.4 Å². The first kappa shape index (κ1) is 19.0. The minimum atomic E-state index is -3.51. The van der Waals surface area contributed by atoms with Crippen molar-refractivity contribution in [2.75, 3.05) is 20.8 Å². The summed E-state index contributed by atoms with van der Waals surface area (Å²) in [5, 5.41) is 8.93. The lowest BCUT2D eigenvalue weighted by atomic mass is 10.00. The lowest BCUT2D eigenvalue weighted by Crippen LogP contribution is -2.36. The Labute approximate surface area is 144 Å². The number of aliphatic hydroxyl groups is 1. The highest BCUT2D eigenvalue weighted by Gasteiger charge is 2.39. The monoisotopic (exact) mass is 353 g/mol. The van der Waals surface area contributed by atoms with Crippen molar-refractivity contribution >= 4 is 0 Å². The molecule has 0 unspecified atom stereocenters. The molecule has 1 atom stereocenters. The number of benzene rings is 2. The second-order valence-corrected chi connectivity index (χ2v) is 5.42. The summed E-state index contributed by atoms with van der Waals surface area (Å²) in [5.41, 5.74) is 6.57. The Morgan fingerprint density at radius 3 is 2.20 bits per heavy atom. The summed E-state index contributed by atoms with van der Waals surface area (Å²) in [4.78, 5) is 0. The highest BCUT2D eigenvalue weighted by Crippen LogP contribution is 2.41. The predicted molar refractivity (Wildman–Crippen MR) is 89.3 cm³/mol. The standard InChI is InChI=1S/C18H21F2NO4/c1-23-15-8-13(17(21)18(19,20)11-22)14(9-16(15)24-2)25-10-12-6-4-3-5-7-12/h3-9,17,22H,10-11,21H2,1-2H3/t17-/m0/s1. The van der Waals surface area contributed by atoms with E-state index in [4.69, 9.17) is 25.1 Å². The van der Waals surface area contributed by atoms with E-state index in [1.54, 1.807) is 0 Å².